The summed E-state index contributed by atoms with van der Waals surface area (Å²) in [5.41, 5.74) is 1.07. The highest BCUT2D eigenvalue weighted by Gasteiger charge is 2.16. The van der Waals surface area contributed by atoms with Crippen LogP contribution in [0.25, 0.3) is 0 Å². The van der Waals surface area contributed by atoms with Crippen LogP contribution in [0.3, 0.4) is 0 Å². The highest BCUT2D eigenvalue weighted by Crippen LogP contribution is 2.27. The van der Waals surface area contributed by atoms with Gasteiger partial charge in [-0.3, -0.25) is 4.68 Å². The van der Waals surface area contributed by atoms with E-state index >= 15 is 0 Å². The van der Waals surface area contributed by atoms with Crippen molar-refractivity contribution in [2.75, 3.05) is 6.54 Å². The summed E-state index contributed by atoms with van der Waals surface area (Å²) in [6, 6.07) is 2.69. The molecule has 0 saturated heterocycles. The van der Waals surface area contributed by atoms with Gasteiger partial charge in [-0.15, -0.1) is 0 Å². The fourth-order valence-corrected chi connectivity index (χ4v) is 2.60. The van der Waals surface area contributed by atoms with E-state index in [2.05, 4.69) is 27.4 Å². The normalized spacial score (nSPS) is 18.9. The van der Waals surface area contributed by atoms with Crippen LogP contribution in [0.2, 0.25) is 0 Å². The average molecular weight is 265 g/mol. The van der Waals surface area contributed by atoms with Gasteiger partial charge in [-0.1, -0.05) is 33.1 Å². The highest BCUT2D eigenvalue weighted by atomic mass is 16.3. The zero-order chi connectivity index (χ0) is 13.7. The van der Waals surface area contributed by atoms with Gasteiger partial charge in [0.25, 0.3) is 0 Å². The average Bonchev–Trinajstić information content (AvgIpc) is 2.88. The van der Waals surface area contributed by atoms with Crippen LogP contribution in [0.15, 0.2) is 12.3 Å². The van der Waals surface area contributed by atoms with E-state index in [0.717, 1.165) is 12.2 Å². The quantitative estimate of drug-likeness (QED) is 0.831. The molecule has 1 aromatic heterocycles. The van der Waals surface area contributed by atoms with E-state index < -0.39 is 0 Å². The predicted molar refractivity (Wildman–Crippen MR) is 76.9 cm³/mol. The van der Waals surface area contributed by atoms with Crippen molar-refractivity contribution < 1.29 is 5.11 Å². The first-order chi connectivity index (χ1) is 9.16. The second-order valence-electron chi connectivity index (χ2n) is 6.02. The molecule has 0 bridgehead atoms. The second-order valence-corrected chi connectivity index (χ2v) is 6.02. The molecule has 4 heteroatoms. The van der Waals surface area contributed by atoms with Crippen LogP contribution < -0.4 is 5.32 Å². The van der Waals surface area contributed by atoms with Crippen molar-refractivity contribution in [2.24, 2.45) is 5.92 Å². The van der Waals surface area contributed by atoms with E-state index in [0.29, 0.717) is 18.5 Å². The van der Waals surface area contributed by atoms with Crippen molar-refractivity contribution in [1.82, 2.24) is 15.1 Å². The first kappa shape index (κ1) is 14.5. The van der Waals surface area contributed by atoms with Crippen LogP contribution in [0.5, 0.6) is 0 Å². The molecule has 2 rings (SSSR count). The molecule has 0 aliphatic heterocycles. The van der Waals surface area contributed by atoms with Crippen molar-refractivity contribution in [2.45, 2.75) is 64.6 Å². The van der Waals surface area contributed by atoms with Crippen LogP contribution in [0.4, 0.5) is 0 Å². The molecule has 4 nitrogen and oxygen atoms in total. The molecule has 108 valence electrons. The largest absolute Gasteiger partial charge is 0.392 e. The lowest BCUT2D eigenvalue weighted by atomic mass is 9.96. The van der Waals surface area contributed by atoms with Crippen molar-refractivity contribution in [1.29, 1.82) is 0 Å². The molecule has 1 atom stereocenters. The number of aromatic nitrogens is 2. The molecule has 0 aromatic carbocycles. The maximum Gasteiger partial charge on any atom is 0.0762 e. The van der Waals surface area contributed by atoms with Gasteiger partial charge in [0.05, 0.1) is 17.8 Å². The van der Waals surface area contributed by atoms with Crippen LogP contribution in [0.1, 0.15) is 57.7 Å². The molecule has 1 saturated carbocycles. The standard InChI is InChI=1S/C15H27N3O/c1-12(2)15(19)11-16-10-13-8-9-18(17-13)14-6-4-3-5-7-14/h8-9,12,14-16,19H,3-7,10-11H2,1-2H3. The molecular weight excluding hydrogens is 238 g/mol. The van der Waals surface area contributed by atoms with Gasteiger partial charge in [-0.25, -0.2) is 0 Å². The Bertz CT molecular complexity index is 369. The monoisotopic (exact) mass is 265 g/mol. The Labute approximate surface area is 116 Å². The zero-order valence-electron chi connectivity index (χ0n) is 12.2. The maximum absolute atomic E-state index is 9.73. The third-order valence-corrected chi connectivity index (χ3v) is 4.04. The Hall–Kier alpha value is -0.870. The van der Waals surface area contributed by atoms with Gasteiger partial charge in [-0.2, -0.15) is 5.10 Å². The van der Waals surface area contributed by atoms with E-state index in [1.54, 1.807) is 0 Å². The van der Waals surface area contributed by atoms with Gasteiger partial charge in [0.2, 0.25) is 0 Å². The minimum absolute atomic E-state index is 0.277. The Kier molecular flexibility index (Phi) is 5.40. The lowest BCUT2D eigenvalue weighted by Crippen LogP contribution is -2.30. The third-order valence-electron chi connectivity index (χ3n) is 4.04. The summed E-state index contributed by atoms with van der Waals surface area (Å²) < 4.78 is 2.13. The molecule has 1 unspecified atom stereocenters. The van der Waals surface area contributed by atoms with E-state index in [4.69, 9.17) is 0 Å². The number of aliphatic hydroxyl groups excluding tert-OH is 1. The molecule has 0 radical (unpaired) electrons. The lowest BCUT2D eigenvalue weighted by molar-refractivity contribution is 0.123. The molecule has 2 N–H and O–H groups in total. The van der Waals surface area contributed by atoms with Gasteiger partial charge in [0.1, 0.15) is 0 Å². The summed E-state index contributed by atoms with van der Waals surface area (Å²) >= 11 is 0. The van der Waals surface area contributed by atoms with Crippen molar-refractivity contribution >= 4 is 0 Å². The molecule has 1 aliphatic carbocycles. The minimum Gasteiger partial charge on any atom is -0.392 e. The molecular formula is C15H27N3O. The first-order valence-corrected chi connectivity index (χ1v) is 7.59. The molecule has 1 aliphatic rings. The smallest absolute Gasteiger partial charge is 0.0762 e. The van der Waals surface area contributed by atoms with Gasteiger partial charge in [0.15, 0.2) is 0 Å². The summed E-state index contributed by atoms with van der Waals surface area (Å²) in [6.45, 7) is 5.44. The summed E-state index contributed by atoms with van der Waals surface area (Å²) in [5, 5.41) is 17.6. The molecule has 19 heavy (non-hydrogen) atoms. The lowest BCUT2D eigenvalue weighted by Gasteiger charge is -2.21. The molecule has 0 amide bonds. The third kappa shape index (κ3) is 4.32. The van der Waals surface area contributed by atoms with Gasteiger partial charge < -0.3 is 10.4 Å². The Balaban J connectivity index is 1.77. The summed E-state index contributed by atoms with van der Waals surface area (Å²) in [7, 11) is 0. The van der Waals surface area contributed by atoms with E-state index in [-0.39, 0.29) is 6.10 Å². The number of nitrogens with one attached hydrogen (secondary N) is 1. The number of nitrogens with zero attached hydrogens (tertiary/aromatic N) is 2. The Morgan fingerprint density at radius 1 is 1.37 bits per heavy atom. The fraction of sp³-hybridized carbons (Fsp3) is 0.800. The molecule has 0 spiro atoms. The summed E-state index contributed by atoms with van der Waals surface area (Å²) in [4.78, 5) is 0. The first-order valence-electron chi connectivity index (χ1n) is 7.59. The topological polar surface area (TPSA) is 50.1 Å². The van der Waals surface area contributed by atoms with Crippen LogP contribution in [-0.4, -0.2) is 27.5 Å². The van der Waals surface area contributed by atoms with Crippen LogP contribution >= 0.6 is 0 Å². The fourth-order valence-electron chi connectivity index (χ4n) is 2.60. The van der Waals surface area contributed by atoms with Crippen molar-refractivity contribution in [3.8, 4) is 0 Å². The molecule has 1 fully saturated rings. The summed E-state index contributed by atoms with van der Waals surface area (Å²) in [5.74, 6) is 0.298. The van der Waals surface area contributed by atoms with E-state index in [1.165, 1.54) is 32.1 Å². The van der Waals surface area contributed by atoms with Crippen LogP contribution in [0, 0.1) is 5.92 Å². The van der Waals surface area contributed by atoms with E-state index in [9.17, 15) is 5.11 Å². The molecule has 1 aromatic rings. The van der Waals surface area contributed by atoms with Crippen molar-refractivity contribution in [3.05, 3.63) is 18.0 Å². The SMILES string of the molecule is CC(C)C(O)CNCc1ccn(C2CCCCC2)n1. The minimum atomic E-state index is -0.277. The highest BCUT2D eigenvalue weighted by molar-refractivity contribution is 4.99. The van der Waals surface area contributed by atoms with Gasteiger partial charge in [-0.05, 0) is 24.8 Å². The van der Waals surface area contributed by atoms with Crippen molar-refractivity contribution in [3.63, 3.8) is 0 Å². The number of hydrogen-bond acceptors (Lipinski definition) is 3. The van der Waals surface area contributed by atoms with Crippen LogP contribution in [-0.2, 0) is 6.54 Å². The molecule has 1 heterocycles. The number of rotatable bonds is 6. The predicted octanol–water partition coefficient (Wildman–Crippen LogP) is 2.49. The second kappa shape index (κ2) is 7.06. The Morgan fingerprint density at radius 3 is 2.79 bits per heavy atom. The van der Waals surface area contributed by atoms with E-state index in [1.807, 2.05) is 13.8 Å². The number of aliphatic hydroxyl groups is 1. The summed E-state index contributed by atoms with van der Waals surface area (Å²) in [6.07, 6.45) is 8.39. The maximum atomic E-state index is 9.73. The number of hydrogen-bond donors (Lipinski definition) is 2. The Morgan fingerprint density at radius 2 is 2.11 bits per heavy atom. The van der Waals surface area contributed by atoms with Gasteiger partial charge >= 0.3 is 0 Å². The van der Waals surface area contributed by atoms with Gasteiger partial charge in [0, 0.05) is 19.3 Å². The zero-order valence-corrected chi connectivity index (χ0v) is 12.2.